The van der Waals surface area contributed by atoms with Crippen molar-refractivity contribution in [3.8, 4) is 0 Å². The summed E-state index contributed by atoms with van der Waals surface area (Å²) in [4.78, 5) is 11.6. The third kappa shape index (κ3) is 3.16. The topological polar surface area (TPSA) is 55.1 Å². The summed E-state index contributed by atoms with van der Waals surface area (Å²) in [6, 6.07) is 0. The van der Waals surface area contributed by atoms with E-state index in [1.807, 2.05) is 20.2 Å². The van der Waals surface area contributed by atoms with E-state index in [2.05, 4.69) is 5.10 Å². The van der Waals surface area contributed by atoms with Crippen LogP contribution < -0.4 is 0 Å². The summed E-state index contributed by atoms with van der Waals surface area (Å²) in [6.45, 7) is 3.38. The number of nitrogens with zero attached hydrogens (tertiary/aromatic N) is 2. The first-order chi connectivity index (χ1) is 6.95. The van der Waals surface area contributed by atoms with Gasteiger partial charge in [0.05, 0.1) is 6.20 Å². The van der Waals surface area contributed by atoms with Crippen LogP contribution in [0.2, 0.25) is 0 Å². The van der Waals surface area contributed by atoms with Crippen LogP contribution in [-0.2, 0) is 18.3 Å². The van der Waals surface area contributed by atoms with Crippen LogP contribution >= 0.6 is 0 Å². The summed E-state index contributed by atoms with van der Waals surface area (Å²) in [6.07, 6.45) is 5.09. The maximum atomic E-state index is 11.6. The van der Waals surface area contributed by atoms with E-state index in [-0.39, 0.29) is 5.78 Å². The minimum Gasteiger partial charge on any atom is -0.382 e. The molecule has 0 radical (unpaired) electrons. The first-order valence-electron chi connectivity index (χ1n) is 5.19. The number of Topliss-reactive ketones (excluding diaryl/α,β-unsaturated/α-hetero) is 1. The van der Waals surface area contributed by atoms with E-state index >= 15 is 0 Å². The smallest absolute Gasteiger partial charge is 0.164 e. The molecule has 0 bridgehead atoms. The lowest BCUT2D eigenvalue weighted by molar-refractivity contribution is -0.135. The lowest BCUT2D eigenvalue weighted by atomic mass is 9.94. The Bertz CT molecular complexity index is 342. The zero-order valence-electron chi connectivity index (χ0n) is 9.53. The molecule has 1 rings (SSSR count). The summed E-state index contributed by atoms with van der Waals surface area (Å²) >= 11 is 0. The molecule has 0 spiro atoms. The quantitative estimate of drug-likeness (QED) is 0.791. The van der Waals surface area contributed by atoms with Crippen molar-refractivity contribution in [2.45, 2.75) is 38.7 Å². The minimum atomic E-state index is -1.18. The van der Waals surface area contributed by atoms with Gasteiger partial charge in [-0.3, -0.25) is 9.48 Å². The van der Waals surface area contributed by atoms with Gasteiger partial charge in [-0.05, 0) is 25.3 Å². The van der Waals surface area contributed by atoms with Crippen LogP contribution in [0.1, 0.15) is 32.3 Å². The Hall–Kier alpha value is -1.16. The Balaban J connectivity index is 2.47. The second-order valence-corrected chi connectivity index (χ2v) is 4.07. The van der Waals surface area contributed by atoms with E-state index in [0.29, 0.717) is 19.3 Å². The Labute approximate surface area is 89.9 Å². The molecule has 0 aliphatic rings. The minimum absolute atomic E-state index is 0.103. The Morgan fingerprint density at radius 2 is 2.33 bits per heavy atom. The number of ketones is 1. The zero-order chi connectivity index (χ0) is 11.5. The SMILES string of the molecule is CCC(C)(O)C(=O)CCc1cnn(C)c1. The average Bonchev–Trinajstić information content (AvgIpc) is 2.60. The molecule has 4 heteroatoms. The normalized spacial score (nSPS) is 14.9. The fourth-order valence-corrected chi connectivity index (χ4v) is 1.33. The van der Waals surface area contributed by atoms with Crippen LogP contribution in [0.5, 0.6) is 0 Å². The second kappa shape index (κ2) is 4.57. The summed E-state index contributed by atoms with van der Waals surface area (Å²) < 4.78 is 1.71. The molecule has 0 fully saturated rings. The Kier molecular flexibility index (Phi) is 3.63. The molecule has 0 amide bonds. The molecule has 1 unspecified atom stereocenters. The number of aromatic nitrogens is 2. The van der Waals surface area contributed by atoms with E-state index in [1.165, 1.54) is 0 Å². The summed E-state index contributed by atoms with van der Waals surface area (Å²) in [5.41, 5.74) is -0.153. The van der Waals surface area contributed by atoms with E-state index < -0.39 is 5.60 Å². The third-order valence-corrected chi connectivity index (χ3v) is 2.69. The number of aryl methyl sites for hydroxylation is 2. The van der Waals surface area contributed by atoms with Crippen LogP contribution in [0.15, 0.2) is 12.4 Å². The number of carbonyl (C=O) groups is 1. The second-order valence-electron chi connectivity index (χ2n) is 4.07. The molecular formula is C11H18N2O2. The van der Waals surface area contributed by atoms with Crippen LogP contribution in [0.4, 0.5) is 0 Å². The van der Waals surface area contributed by atoms with Gasteiger partial charge in [-0.15, -0.1) is 0 Å². The maximum absolute atomic E-state index is 11.6. The van der Waals surface area contributed by atoms with Crippen molar-refractivity contribution in [1.29, 1.82) is 0 Å². The molecule has 0 aromatic carbocycles. The molecule has 1 N–H and O–H groups in total. The summed E-state index contributed by atoms with van der Waals surface area (Å²) in [5.74, 6) is -0.103. The van der Waals surface area contributed by atoms with Gasteiger partial charge in [-0.1, -0.05) is 6.92 Å². The van der Waals surface area contributed by atoms with Gasteiger partial charge in [0.25, 0.3) is 0 Å². The summed E-state index contributed by atoms with van der Waals surface area (Å²) in [5, 5.41) is 13.7. The fourth-order valence-electron chi connectivity index (χ4n) is 1.33. The molecular weight excluding hydrogens is 192 g/mol. The lowest BCUT2D eigenvalue weighted by Gasteiger charge is -2.18. The lowest BCUT2D eigenvalue weighted by Crippen LogP contribution is -2.34. The molecule has 1 heterocycles. The average molecular weight is 210 g/mol. The van der Waals surface area contributed by atoms with Gasteiger partial charge in [0.15, 0.2) is 5.78 Å². The molecule has 0 saturated carbocycles. The van der Waals surface area contributed by atoms with Crippen molar-refractivity contribution in [2.24, 2.45) is 7.05 Å². The number of carbonyl (C=O) groups excluding carboxylic acids is 1. The van der Waals surface area contributed by atoms with E-state index in [4.69, 9.17) is 0 Å². The van der Waals surface area contributed by atoms with Gasteiger partial charge >= 0.3 is 0 Å². The maximum Gasteiger partial charge on any atom is 0.164 e. The van der Waals surface area contributed by atoms with Gasteiger partial charge in [-0.2, -0.15) is 5.10 Å². The monoisotopic (exact) mass is 210 g/mol. The van der Waals surface area contributed by atoms with Crippen molar-refractivity contribution >= 4 is 5.78 Å². The van der Waals surface area contributed by atoms with Gasteiger partial charge in [0.1, 0.15) is 5.60 Å². The van der Waals surface area contributed by atoms with Gasteiger partial charge < -0.3 is 5.11 Å². The van der Waals surface area contributed by atoms with E-state index in [9.17, 15) is 9.90 Å². The van der Waals surface area contributed by atoms with Crippen LogP contribution in [0.3, 0.4) is 0 Å². The number of aliphatic hydroxyl groups is 1. The number of hydrogen-bond donors (Lipinski definition) is 1. The van der Waals surface area contributed by atoms with Crippen molar-refractivity contribution in [1.82, 2.24) is 9.78 Å². The molecule has 1 aromatic heterocycles. The van der Waals surface area contributed by atoms with Crippen molar-refractivity contribution in [3.63, 3.8) is 0 Å². The molecule has 1 atom stereocenters. The van der Waals surface area contributed by atoms with Crippen molar-refractivity contribution in [2.75, 3.05) is 0 Å². The van der Waals surface area contributed by atoms with Crippen LogP contribution in [0.25, 0.3) is 0 Å². The molecule has 15 heavy (non-hydrogen) atoms. The van der Waals surface area contributed by atoms with Crippen LogP contribution in [-0.4, -0.2) is 26.3 Å². The molecule has 0 aliphatic carbocycles. The van der Waals surface area contributed by atoms with Crippen molar-refractivity contribution in [3.05, 3.63) is 18.0 Å². The van der Waals surface area contributed by atoms with Crippen LogP contribution in [0, 0.1) is 0 Å². The molecule has 1 aromatic rings. The third-order valence-electron chi connectivity index (χ3n) is 2.69. The zero-order valence-corrected chi connectivity index (χ0v) is 9.53. The van der Waals surface area contributed by atoms with Gasteiger partial charge in [0, 0.05) is 19.7 Å². The highest BCUT2D eigenvalue weighted by Gasteiger charge is 2.26. The molecule has 0 aliphatic heterocycles. The largest absolute Gasteiger partial charge is 0.382 e. The molecule has 4 nitrogen and oxygen atoms in total. The summed E-state index contributed by atoms with van der Waals surface area (Å²) in [7, 11) is 1.84. The highest BCUT2D eigenvalue weighted by atomic mass is 16.3. The van der Waals surface area contributed by atoms with Crippen molar-refractivity contribution < 1.29 is 9.90 Å². The predicted molar refractivity (Wildman–Crippen MR) is 57.5 cm³/mol. The molecule has 0 saturated heterocycles. The van der Waals surface area contributed by atoms with Gasteiger partial charge in [-0.25, -0.2) is 0 Å². The first kappa shape index (κ1) is 11.9. The standard InChI is InChI=1S/C11H18N2O2/c1-4-11(2,15)10(14)6-5-9-7-12-13(3)8-9/h7-8,15H,4-6H2,1-3H3. The number of rotatable bonds is 5. The fraction of sp³-hybridized carbons (Fsp3) is 0.636. The molecule has 84 valence electrons. The van der Waals surface area contributed by atoms with E-state index in [0.717, 1.165) is 5.56 Å². The Morgan fingerprint density at radius 1 is 1.67 bits per heavy atom. The highest BCUT2D eigenvalue weighted by Crippen LogP contribution is 2.14. The van der Waals surface area contributed by atoms with E-state index in [1.54, 1.807) is 17.8 Å². The number of hydrogen-bond acceptors (Lipinski definition) is 3. The highest BCUT2D eigenvalue weighted by molar-refractivity contribution is 5.86. The Morgan fingerprint density at radius 3 is 2.80 bits per heavy atom. The van der Waals surface area contributed by atoms with Gasteiger partial charge in [0.2, 0.25) is 0 Å². The first-order valence-corrected chi connectivity index (χ1v) is 5.19. The predicted octanol–water partition coefficient (Wildman–Crippen LogP) is 1.08.